The van der Waals surface area contributed by atoms with Crippen molar-refractivity contribution in [2.45, 2.75) is 53.3 Å². The van der Waals surface area contributed by atoms with E-state index in [1.165, 1.54) is 11.3 Å². The summed E-state index contributed by atoms with van der Waals surface area (Å²) in [5.74, 6) is 0.824. The standard InChI is InChI=1S/C22H29N3O2S/c1-13(2)18(26)10-25(14(3)4)11-19-23-21(27)20-17(12-28-22(20)24-19)16-9-7-6-8-15(16)5/h6-9,12-14,18,26H,10-11H2,1-5H3,(H,23,24,27). The van der Waals surface area contributed by atoms with Crippen LogP contribution in [-0.2, 0) is 6.54 Å². The van der Waals surface area contributed by atoms with Crippen molar-refractivity contribution >= 4 is 21.6 Å². The minimum absolute atomic E-state index is 0.104. The van der Waals surface area contributed by atoms with Crippen LogP contribution in [0.15, 0.2) is 34.4 Å². The van der Waals surface area contributed by atoms with E-state index in [0.717, 1.165) is 21.5 Å². The third kappa shape index (κ3) is 4.35. The molecule has 150 valence electrons. The number of rotatable bonds is 7. The first-order valence-corrected chi connectivity index (χ1v) is 10.6. The quantitative estimate of drug-likeness (QED) is 0.625. The smallest absolute Gasteiger partial charge is 0.260 e. The number of aromatic nitrogens is 2. The zero-order valence-electron chi connectivity index (χ0n) is 17.2. The first kappa shape index (κ1) is 20.7. The molecule has 5 nitrogen and oxygen atoms in total. The Morgan fingerprint density at radius 2 is 1.89 bits per heavy atom. The van der Waals surface area contributed by atoms with Crippen molar-refractivity contribution in [3.63, 3.8) is 0 Å². The highest BCUT2D eigenvalue weighted by molar-refractivity contribution is 7.17. The lowest BCUT2D eigenvalue weighted by Crippen LogP contribution is -2.39. The minimum atomic E-state index is -0.410. The molecule has 3 aromatic rings. The topological polar surface area (TPSA) is 69.2 Å². The molecule has 1 aromatic carbocycles. The summed E-state index contributed by atoms with van der Waals surface area (Å²) >= 11 is 1.50. The molecular formula is C22H29N3O2S. The number of aliphatic hydroxyl groups excluding tert-OH is 1. The molecule has 0 spiro atoms. The number of aromatic amines is 1. The van der Waals surface area contributed by atoms with Gasteiger partial charge in [0.25, 0.3) is 5.56 Å². The molecule has 3 rings (SSSR count). The minimum Gasteiger partial charge on any atom is -0.392 e. The van der Waals surface area contributed by atoms with Gasteiger partial charge in [0.05, 0.1) is 18.0 Å². The van der Waals surface area contributed by atoms with Gasteiger partial charge in [-0.25, -0.2) is 4.98 Å². The van der Waals surface area contributed by atoms with Crippen molar-refractivity contribution < 1.29 is 5.11 Å². The van der Waals surface area contributed by atoms with Crippen LogP contribution >= 0.6 is 11.3 Å². The van der Waals surface area contributed by atoms with Crippen LogP contribution < -0.4 is 5.56 Å². The fraction of sp³-hybridized carbons (Fsp3) is 0.455. The van der Waals surface area contributed by atoms with Crippen LogP contribution in [0.5, 0.6) is 0 Å². The molecular weight excluding hydrogens is 370 g/mol. The highest BCUT2D eigenvalue weighted by atomic mass is 32.1. The summed E-state index contributed by atoms with van der Waals surface area (Å²) < 4.78 is 0. The van der Waals surface area contributed by atoms with Crippen LogP contribution in [-0.4, -0.2) is 38.7 Å². The van der Waals surface area contributed by atoms with E-state index in [4.69, 9.17) is 4.98 Å². The van der Waals surface area contributed by atoms with Crippen molar-refractivity contribution in [2.24, 2.45) is 5.92 Å². The predicted molar refractivity (Wildman–Crippen MR) is 117 cm³/mol. The van der Waals surface area contributed by atoms with E-state index >= 15 is 0 Å². The molecule has 28 heavy (non-hydrogen) atoms. The summed E-state index contributed by atoms with van der Waals surface area (Å²) in [5, 5.41) is 12.9. The monoisotopic (exact) mass is 399 g/mol. The molecule has 2 heterocycles. The highest BCUT2D eigenvalue weighted by Crippen LogP contribution is 2.32. The van der Waals surface area contributed by atoms with E-state index < -0.39 is 6.10 Å². The van der Waals surface area contributed by atoms with Gasteiger partial charge in [-0.2, -0.15) is 0 Å². The van der Waals surface area contributed by atoms with Gasteiger partial charge in [-0.1, -0.05) is 38.1 Å². The predicted octanol–water partition coefficient (Wildman–Crippen LogP) is 4.19. The molecule has 0 aliphatic rings. The SMILES string of the molecule is Cc1ccccc1-c1csc2nc(CN(CC(O)C(C)C)C(C)C)[nH]c(=O)c12. The van der Waals surface area contributed by atoms with Gasteiger partial charge in [0.15, 0.2) is 0 Å². The molecule has 0 radical (unpaired) electrons. The van der Waals surface area contributed by atoms with Gasteiger partial charge < -0.3 is 10.1 Å². The number of H-pyrrole nitrogens is 1. The van der Waals surface area contributed by atoms with Crippen LogP contribution in [0.3, 0.4) is 0 Å². The number of benzene rings is 1. The van der Waals surface area contributed by atoms with Crippen LogP contribution in [0.2, 0.25) is 0 Å². The molecule has 6 heteroatoms. The highest BCUT2D eigenvalue weighted by Gasteiger charge is 2.20. The van der Waals surface area contributed by atoms with Gasteiger partial charge in [0.1, 0.15) is 10.7 Å². The Bertz CT molecular complexity index is 1010. The molecule has 2 N–H and O–H groups in total. The fourth-order valence-electron chi connectivity index (χ4n) is 3.24. The lowest BCUT2D eigenvalue weighted by Gasteiger charge is -2.29. The Hall–Kier alpha value is -2.02. The number of nitrogens with one attached hydrogen (secondary N) is 1. The lowest BCUT2D eigenvalue weighted by atomic mass is 10.0. The summed E-state index contributed by atoms with van der Waals surface area (Å²) in [6, 6.07) is 8.32. The lowest BCUT2D eigenvalue weighted by molar-refractivity contribution is 0.0586. The van der Waals surface area contributed by atoms with Crippen molar-refractivity contribution in [3.05, 3.63) is 51.4 Å². The summed E-state index contributed by atoms with van der Waals surface area (Å²) in [6.45, 7) is 11.3. The van der Waals surface area contributed by atoms with Crippen molar-refractivity contribution in [3.8, 4) is 11.1 Å². The van der Waals surface area contributed by atoms with Gasteiger partial charge >= 0.3 is 0 Å². The van der Waals surface area contributed by atoms with Crippen molar-refractivity contribution in [2.75, 3.05) is 6.54 Å². The van der Waals surface area contributed by atoms with Crippen molar-refractivity contribution in [1.29, 1.82) is 0 Å². The number of aliphatic hydroxyl groups is 1. The van der Waals surface area contributed by atoms with E-state index in [-0.39, 0.29) is 17.5 Å². The number of hydrogen-bond donors (Lipinski definition) is 2. The third-order valence-electron chi connectivity index (χ3n) is 5.20. The van der Waals surface area contributed by atoms with E-state index in [2.05, 4.69) is 36.7 Å². The Kier molecular flexibility index (Phi) is 6.33. The fourth-order valence-corrected chi connectivity index (χ4v) is 4.20. The number of nitrogens with zero attached hydrogens (tertiary/aromatic N) is 2. The molecule has 1 atom stereocenters. The van der Waals surface area contributed by atoms with Gasteiger partial charge in [0, 0.05) is 23.5 Å². The zero-order valence-corrected chi connectivity index (χ0v) is 18.0. The second kappa shape index (κ2) is 8.55. The summed E-state index contributed by atoms with van der Waals surface area (Å²) in [7, 11) is 0. The van der Waals surface area contributed by atoms with Crippen LogP contribution in [0, 0.1) is 12.8 Å². The average molecular weight is 400 g/mol. The van der Waals surface area contributed by atoms with E-state index in [0.29, 0.717) is 24.3 Å². The number of aryl methyl sites for hydroxylation is 1. The van der Waals surface area contributed by atoms with Gasteiger partial charge in [-0.3, -0.25) is 9.69 Å². The normalized spacial score (nSPS) is 13.2. The number of thiophene rings is 1. The molecule has 0 saturated heterocycles. The molecule has 0 fully saturated rings. The summed E-state index contributed by atoms with van der Waals surface area (Å²) in [4.78, 5) is 23.5. The Morgan fingerprint density at radius 3 is 2.54 bits per heavy atom. The van der Waals surface area contributed by atoms with Gasteiger partial charge in [0.2, 0.25) is 0 Å². The van der Waals surface area contributed by atoms with Crippen LogP contribution in [0.4, 0.5) is 0 Å². The first-order valence-electron chi connectivity index (χ1n) is 9.76. The number of fused-ring (bicyclic) bond motifs is 1. The maximum Gasteiger partial charge on any atom is 0.260 e. The molecule has 0 aliphatic carbocycles. The third-order valence-corrected chi connectivity index (χ3v) is 6.07. The van der Waals surface area contributed by atoms with E-state index in [1.54, 1.807) is 0 Å². The van der Waals surface area contributed by atoms with Crippen molar-refractivity contribution in [1.82, 2.24) is 14.9 Å². The second-order valence-electron chi connectivity index (χ2n) is 7.99. The Morgan fingerprint density at radius 1 is 1.18 bits per heavy atom. The molecule has 0 bridgehead atoms. The first-order chi connectivity index (χ1) is 13.3. The van der Waals surface area contributed by atoms with Gasteiger partial charge in [-0.05, 0) is 37.8 Å². The Labute approximate surface area is 170 Å². The van der Waals surface area contributed by atoms with Gasteiger partial charge in [-0.15, -0.1) is 11.3 Å². The van der Waals surface area contributed by atoms with E-state index in [1.807, 2.05) is 37.4 Å². The molecule has 2 aromatic heterocycles. The maximum atomic E-state index is 12.9. The van der Waals surface area contributed by atoms with Crippen LogP contribution in [0.25, 0.3) is 21.3 Å². The second-order valence-corrected chi connectivity index (χ2v) is 8.85. The zero-order chi connectivity index (χ0) is 20.4. The summed E-state index contributed by atoms with van der Waals surface area (Å²) in [6.07, 6.45) is -0.410. The van der Waals surface area contributed by atoms with E-state index in [9.17, 15) is 9.90 Å². The largest absolute Gasteiger partial charge is 0.392 e. The Balaban J connectivity index is 1.95. The van der Waals surface area contributed by atoms with Crippen LogP contribution in [0.1, 0.15) is 39.1 Å². The number of hydrogen-bond acceptors (Lipinski definition) is 5. The maximum absolute atomic E-state index is 12.9. The molecule has 0 aliphatic heterocycles. The molecule has 1 unspecified atom stereocenters. The average Bonchev–Trinajstić information content (AvgIpc) is 3.05. The molecule has 0 saturated carbocycles. The summed E-state index contributed by atoms with van der Waals surface area (Å²) in [5.41, 5.74) is 3.04. The molecule has 0 amide bonds.